The highest BCUT2D eigenvalue weighted by Gasteiger charge is 2.21. The lowest BCUT2D eigenvalue weighted by Gasteiger charge is -2.25. The number of benzene rings is 2. The zero-order chi connectivity index (χ0) is 16.2. The molecular weight excluding hydrogens is 288 g/mol. The molecule has 0 fully saturated rings. The summed E-state index contributed by atoms with van der Waals surface area (Å²) in [6.45, 7) is 3.82. The topological polar surface area (TPSA) is 50.6 Å². The second-order valence-corrected chi connectivity index (χ2v) is 6.06. The summed E-state index contributed by atoms with van der Waals surface area (Å²) in [4.78, 5) is 24.9. The number of quaternary nitrogens is 1. The third-order valence-electron chi connectivity index (χ3n) is 4.27. The predicted octanol–water partition coefficient (Wildman–Crippen LogP) is 1.47. The third kappa shape index (κ3) is 3.85. The van der Waals surface area contributed by atoms with Crippen LogP contribution >= 0.6 is 0 Å². The standard InChI is InChI=1S/C19H20N2O2/c1-14(22)16-7-4-8-18(11-16)20-19(23)13-21-10-9-15-5-2-3-6-17(15)12-21/h2-8,11H,9-10,12-13H2,1H3,(H,20,23)/p+1. The molecule has 0 aliphatic carbocycles. The van der Waals surface area contributed by atoms with Crippen molar-refractivity contribution in [2.24, 2.45) is 0 Å². The number of carbonyl (C=O) groups excluding carboxylic acids is 2. The number of hydrogen-bond acceptors (Lipinski definition) is 2. The molecule has 0 saturated carbocycles. The minimum atomic E-state index is -0.0138. The molecule has 0 radical (unpaired) electrons. The zero-order valence-corrected chi connectivity index (χ0v) is 13.3. The Morgan fingerprint density at radius 3 is 2.65 bits per heavy atom. The second kappa shape index (κ2) is 6.75. The Labute approximate surface area is 136 Å². The molecule has 0 bridgehead atoms. The average molecular weight is 309 g/mol. The summed E-state index contributed by atoms with van der Waals surface area (Å²) < 4.78 is 0. The first-order chi connectivity index (χ1) is 11.1. The Balaban J connectivity index is 1.60. The Morgan fingerprint density at radius 1 is 1.09 bits per heavy atom. The second-order valence-electron chi connectivity index (χ2n) is 6.06. The summed E-state index contributed by atoms with van der Waals surface area (Å²) in [6.07, 6.45) is 1.01. The van der Waals surface area contributed by atoms with Gasteiger partial charge in [0.25, 0.3) is 5.91 Å². The lowest BCUT2D eigenvalue weighted by atomic mass is 10.00. The first-order valence-electron chi connectivity index (χ1n) is 7.93. The molecular formula is C19H21N2O2+. The van der Waals surface area contributed by atoms with Crippen LogP contribution in [0.5, 0.6) is 0 Å². The first-order valence-corrected chi connectivity index (χ1v) is 7.93. The first kappa shape index (κ1) is 15.4. The smallest absolute Gasteiger partial charge is 0.279 e. The average Bonchev–Trinajstić information content (AvgIpc) is 2.55. The fourth-order valence-corrected chi connectivity index (χ4v) is 3.04. The van der Waals surface area contributed by atoms with Crippen LogP contribution in [0.15, 0.2) is 48.5 Å². The van der Waals surface area contributed by atoms with Gasteiger partial charge in [0, 0.05) is 23.2 Å². The molecule has 1 atom stereocenters. The van der Waals surface area contributed by atoms with Crippen molar-refractivity contribution in [3.63, 3.8) is 0 Å². The van der Waals surface area contributed by atoms with Crippen molar-refractivity contribution in [3.8, 4) is 0 Å². The molecule has 0 spiro atoms. The molecule has 2 aromatic carbocycles. The van der Waals surface area contributed by atoms with E-state index in [-0.39, 0.29) is 11.7 Å². The Hall–Kier alpha value is -2.46. The molecule has 1 amide bonds. The van der Waals surface area contributed by atoms with Gasteiger partial charge in [-0.05, 0) is 24.6 Å². The number of rotatable bonds is 4. The van der Waals surface area contributed by atoms with Gasteiger partial charge in [0.1, 0.15) is 6.54 Å². The van der Waals surface area contributed by atoms with Crippen LogP contribution in [0.3, 0.4) is 0 Å². The fraction of sp³-hybridized carbons (Fsp3) is 0.263. The zero-order valence-electron chi connectivity index (χ0n) is 13.3. The van der Waals surface area contributed by atoms with E-state index >= 15 is 0 Å². The highest BCUT2D eigenvalue weighted by atomic mass is 16.2. The highest BCUT2D eigenvalue weighted by Crippen LogP contribution is 2.12. The SMILES string of the molecule is CC(=O)c1cccc(NC(=O)C[NH+]2CCc3ccccc3C2)c1. The molecule has 1 heterocycles. The van der Waals surface area contributed by atoms with Crippen molar-refractivity contribution in [1.29, 1.82) is 0 Å². The number of anilines is 1. The van der Waals surface area contributed by atoms with E-state index in [0.29, 0.717) is 17.8 Å². The molecule has 3 rings (SSSR count). The molecule has 4 heteroatoms. The lowest BCUT2D eigenvalue weighted by Crippen LogP contribution is -3.12. The third-order valence-corrected chi connectivity index (χ3v) is 4.27. The van der Waals surface area contributed by atoms with E-state index in [2.05, 4.69) is 29.6 Å². The quantitative estimate of drug-likeness (QED) is 0.840. The van der Waals surface area contributed by atoms with Gasteiger partial charge in [-0.2, -0.15) is 0 Å². The molecule has 2 N–H and O–H groups in total. The molecule has 1 aliphatic heterocycles. The summed E-state index contributed by atoms with van der Waals surface area (Å²) in [5.41, 5.74) is 4.02. The number of fused-ring (bicyclic) bond motifs is 1. The van der Waals surface area contributed by atoms with Gasteiger partial charge < -0.3 is 10.2 Å². The van der Waals surface area contributed by atoms with Crippen molar-refractivity contribution in [3.05, 3.63) is 65.2 Å². The summed E-state index contributed by atoms with van der Waals surface area (Å²) in [7, 11) is 0. The maximum absolute atomic E-state index is 12.3. The minimum Gasteiger partial charge on any atom is -0.323 e. The van der Waals surface area contributed by atoms with Crippen LogP contribution in [-0.2, 0) is 17.8 Å². The Bertz CT molecular complexity index is 740. The fourth-order valence-electron chi connectivity index (χ4n) is 3.04. The summed E-state index contributed by atoms with van der Waals surface area (Å²) >= 11 is 0. The molecule has 118 valence electrons. The number of carbonyl (C=O) groups is 2. The molecule has 1 unspecified atom stereocenters. The van der Waals surface area contributed by atoms with Gasteiger partial charge in [-0.15, -0.1) is 0 Å². The van der Waals surface area contributed by atoms with Crippen LogP contribution in [0.2, 0.25) is 0 Å². The van der Waals surface area contributed by atoms with E-state index in [1.807, 2.05) is 6.07 Å². The Kier molecular flexibility index (Phi) is 4.53. The van der Waals surface area contributed by atoms with Gasteiger partial charge in [-0.25, -0.2) is 0 Å². The normalized spacial score (nSPS) is 16.5. The molecule has 0 aromatic heterocycles. The van der Waals surface area contributed by atoms with E-state index < -0.39 is 0 Å². The van der Waals surface area contributed by atoms with E-state index in [0.717, 1.165) is 19.5 Å². The van der Waals surface area contributed by atoms with Gasteiger partial charge >= 0.3 is 0 Å². The predicted molar refractivity (Wildman–Crippen MR) is 89.6 cm³/mol. The van der Waals surface area contributed by atoms with Crippen LogP contribution in [0.25, 0.3) is 0 Å². The van der Waals surface area contributed by atoms with Gasteiger partial charge in [0.15, 0.2) is 12.3 Å². The van der Waals surface area contributed by atoms with Crippen molar-refractivity contribution < 1.29 is 14.5 Å². The van der Waals surface area contributed by atoms with Crippen molar-refractivity contribution in [2.75, 3.05) is 18.4 Å². The number of amides is 1. The van der Waals surface area contributed by atoms with E-state index in [4.69, 9.17) is 0 Å². The van der Waals surface area contributed by atoms with E-state index in [1.54, 1.807) is 18.2 Å². The van der Waals surface area contributed by atoms with Crippen LogP contribution in [0, 0.1) is 0 Å². The van der Waals surface area contributed by atoms with Gasteiger partial charge in [0.05, 0.1) is 6.54 Å². The van der Waals surface area contributed by atoms with Gasteiger partial charge in [0.2, 0.25) is 0 Å². The van der Waals surface area contributed by atoms with Crippen molar-refractivity contribution in [1.82, 2.24) is 0 Å². The molecule has 0 saturated heterocycles. The van der Waals surface area contributed by atoms with Crippen LogP contribution < -0.4 is 10.2 Å². The highest BCUT2D eigenvalue weighted by molar-refractivity contribution is 5.97. The Morgan fingerprint density at radius 2 is 1.87 bits per heavy atom. The van der Waals surface area contributed by atoms with Gasteiger partial charge in [-0.3, -0.25) is 9.59 Å². The number of ketones is 1. The van der Waals surface area contributed by atoms with Crippen molar-refractivity contribution >= 4 is 17.4 Å². The van der Waals surface area contributed by atoms with Crippen LogP contribution in [0.4, 0.5) is 5.69 Å². The van der Waals surface area contributed by atoms with E-state index in [1.165, 1.54) is 23.0 Å². The lowest BCUT2D eigenvalue weighted by molar-refractivity contribution is -0.907. The number of hydrogen-bond donors (Lipinski definition) is 2. The molecule has 4 nitrogen and oxygen atoms in total. The van der Waals surface area contributed by atoms with E-state index in [9.17, 15) is 9.59 Å². The molecule has 2 aromatic rings. The number of Topliss-reactive ketones (excluding diaryl/α,β-unsaturated/α-hetero) is 1. The summed E-state index contributed by atoms with van der Waals surface area (Å²) in [5.74, 6) is -0.0144. The van der Waals surface area contributed by atoms with Crippen LogP contribution in [-0.4, -0.2) is 24.8 Å². The minimum absolute atomic E-state index is 0.000591. The van der Waals surface area contributed by atoms with Crippen molar-refractivity contribution in [2.45, 2.75) is 19.9 Å². The van der Waals surface area contributed by atoms with Crippen LogP contribution in [0.1, 0.15) is 28.4 Å². The van der Waals surface area contributed by atoms with Gasteiger partial charge in [-0.1, -0.05) is 36.4 Å². The summed E-state index contributed by atoms with van der Waals surface area (Å²) in [6, 6.07) is 15.5. The molecule has 1 aliphatic rings. The molecule has 23 heavy (non-hydrogen) atoms. The number of nitrogens with one attached hydrogen (secondary N) is 2. The summed E-state index contributed by atoms with van der Waals surface area (Å²) in [5, 5.41) is 2.90. The maximum atomic E-state index is 12.3. The maximum Gasteiger partial charge on any atom is 0.279 e. The monoisotopic (exact) mass is 309 g/mol. The largest absolute Gasteiger partial charge is 0.323 e.